The fraction of sp³-hybridized carbons (Fsp3) is 0.308. The third-order valence-electron chi connectivity index (χ3n) is 2.95. The van der Waals surface area contributed by atoms with Crippen LogP contribution in [0.1, 0.15) is 28.8 Å². The summed E-state index contributed by atoms with van der Waals surface area (Å²) < 4.78 is 13.7. The van der Waals surface area contributed by atoms with Crippen LogP contribution in [0.2, 0.25) is 0 Å². The molecule has 94 valence electrons. The molecule has 0 bridgehead atoms. The maximum absolute atomic E-state index is 13.7. The predicted molar refractivity (Wildman–Crippen MR) is 81.7 cm³/mol. The van der Waals surface area contributed by atoms with Crippen molar-refractivity contribution in [2.45, 2.75) is 12.8 Å². The number of carbonyl (C=O) groups is 1. The van der Waals surface area contributed by atoms with Crippen molar-refractivity contribution in [2.24, 2.45) is 0 Å². The lowest BCUT2D eigenvalue weighted by Gasteiger charge is -2.20. The summed E-state index contributed by atoms with van der Waals surface area (Å²) in [6.07, 6.45) is 2.93. The van der Waals surface area contributed by atoms with Gasteiger partial charge in [-0.15, -0.1) is 0 Å². The average molecular weight is 375 g/mol. The third kappa shape index (κ3) is 2.81. The summed E-state index contributed by atoms with van der Waals surface area (Å²) in [6, 6.07) is 3.06. The third-order valence-corrected chi connectivity index (χ3v) is 3.79. The molecule has 1 saturated heterocycles. The molecule has 0 N–H and O–H groups in total. The average Bonchev–Trinajstić information content (AvgIpc) is 2.90. The summed E-state index contributed by atoms with van der Waals surface area (Å²) in [4.78, 5) is 13.4. The summed E-state index contributed by atoms with van der Waals surface area (Å²) >= 11 is 2.02. The minimum atomic E-state index is -0.432. The van der Waals surface area contributed by atoms with Gasteiger partial charge in [0.2, 0.25) is 0 Å². The van der Waals surface area contributed by atoms with Crippen LogP contribution < -0.4 is 4.90 Å². The fourth-order valence-corrected chi connectivity index (χ4v) is 2.60. The van der Waals surface area contributed by atoms with Gasteiger partial charge in [0, 0.05) is 40.0 Å². The number of nitrogens with zero attached hydrogens (tertiary/aromatic N) is 1. The molecule has 1 aliphatic heterocycles. The Morgan fingerprint density at radius 2 is 2.11 bits per heavy atom. The second-order valence-electron chi connectivity index (χ2n) is 3.97. The molecule has 1 aromatic carbocycles. The van der Waals surface area contributed by atoms with E-state index in [0.29, 0.717) is 11.8 Å². The van der Waals surface area contributed by atoms with Crippen LogP contribution in [0, 0.1) is 17.0 Å². The minimum absolute atomic E-state index is 0.207. The highest BCUT2D eigenvalue weighted by Crippen LogP contribution is 2.27. The van der Waals surface area contributed by atoms with Crippen LogP contribution in [0.15, 0.2) is 12.1 Å². The van der Waals surface area contributed by atoms with Gasteiger partial charge in [-0.2, -0.15) is 0 Å². The number of halogens is 2. The molecule has 0 aliphatic carbocycles. The first-order chi connectivity index (χ1) is 8.77. The van der Waals surface area contributed by atoms with Gasteiger partial charge in [0.1, 0.15) is 5.82 Å². The van der Waals surface area contributed by atoms with Crippen molar-refractivity contribution in [2.75, 3.05) is 18.0 Å². The largest absolute Gasteiger partial charge is 0.371 e. The maximum atomic E-state index is 13.7. The van der Waals surface area contributed by atoms with E-state index < -0.39 is 5.82 Å². The lowest BCUT2D eigenvalue weighted by Crippen LogP contribution is -2.20. The molecule has 2 nitrogen and oxygen atoms in total. The van der Waals surface area contributed by atoms with Gasteiger partial charge in [-0.3, -0.25) is 4.79 Å². The van der Waals surface area contributed by atoms with Gasteiger partial charge < -0.3 is 4.90 Å². The number of benzene rings is 1. The SMILES string of the molecule is O=Cc1c(N2CCCC2)ccc(F)c1C#CSI. The first-order valence-electron chi connectivity index (χ1n) is 5.59. The van der Waals surface area contributed by atoms with Crippen LogP contribution in [0.4, 0.5) is 10.1 Å². The highest BCUT2D eigenvalue weighted by Gasteiger charge is 2.19. The van der Waals surface area contributed by atoms with Gasteiger partial charge in [-0.25, -0.2) is 4.39 Å². The normalized spacial score (nSPS) is 14.2. The Bertz CT molecular complexity index is 518. The maximum Gasteiger partial charge on any atom is 0.153 e. The van der Waals surface area contributed by atoms with Crippen LogP contribution in [0.3, 0.4) is 0 Å². The van der Waals surface area contributed by atoms with E-state index in [4.69, 9.17) is 0 Å². The molecule has 1 heterocycles. The molecule has 1 fully saturated rings. The topological polar surface area (TPSA) is 20.3 Å². The Balaban J connectivity index is 2.50. The van der Waals surface area contributed by atoms with Gasteiger partial charge in [0.15, 0.2) is 6.29 Å². The summed E-state index contributed by atoms with van der Waals surface area (Å²) in [6.45, 7) is 1.83. The first-order valence-corrected chi connectivity index (χ1v) is 8.95. The van der Waals surface area contributed by atoms with Crippen molar-refractivity contribution in [3.63, 3.8) is 0 Å². The van der Waals surface area contributed by atoms with Crippen molar-refractivity contribution >= 4 is 42.1 Å². The molecule has 0 amide bonds. The Kier molecular flexibility index (Phi) is 4.89. The van der Waals surface area contributed by atoms with Crippen LogP contribution in [-0.2, 0) is 0 Å². The van der Waals surface area contributed by atoms with Crippen molar-refractivity contribution < 1.29 is 9.18 Å². The zero-order valence-corrected chi connectivity index (χ0v) is 12.6. The predicted octanol–water partition coefficient (Wildman–Crippen LogP) is 3.63. The molecule has 18 heavy (non-hydrogen) atoms. The quantitative estimate of drug-likeness (QED) is 0.447. The van der Waals surface area contributed by atoms with Crippen molar-refractivity contribution in [3.05, 3.63) is 29.1 Å². The van der Waals surface area contributed by atoms with E-state index in [1.807, 2.05) is 21.2 Å². The minimum Gasteiger partial charge on any atom is -0.371 e. The van der Waals surface area contributed by atoms with E-state index in [-0.39, 0.29) is 5.56 Å². The van der Waals surface area contributed by atoms with E-state index in [9.17, 15) is 9.18 Å². The Morgan fingerprint density at radius 3 is 2.72 bits per heavy atom. The summed E-state index contributed by atoms with van der Waals surface area (Å²) in [5.41, 5.74) is 1.38. The number of hydrogen-bond donors (Lipinski definition) is 0. The monoisotopic (exact) mass is 375 g/mol. The Hall–Kier alpha value is -0.740. The number of anilines is 1. The highest BCUT2D eigenvalue weighted by atomic mass is 127. The standard InChI is InChI=1S/C13H11FINOS/c14-12-3-4-13(16-6-1-2-7-16)11(9-17)10(12)5-8-18-15/h3-4,9H,1-2,6-7H2. The lowest BCUT2D eigenvalue weighted by atomic mass is 10.1. The molecule has 1 aliphatic rings. The van der Waals surface area contributed by atoms with Gasteiger partial charge in [-0.05, 0) is 39.2 Å². The van der Waals surface area contributed by atoms with E-state index >= 15 is 0 Å². The Morgan fingerprint density at radius 1 is 1.39 bits per heavy atom. The molecule has 5 heteroatoms. The number of aldehydes is 1. The number of carbonyl (C=O) groups excluding carboxylic acids is 1. The van der Waals surface area contributed by atoms with Gasteiger partial charge in [-0.1, -0.05) is 5.92 Å². The zero-order chi connectivity index (χ0) is 13.0. The number of hydrogen-bond acceptors (Lipinski definition) is 3. The van der Waals surface area contributed by atoms with Gasteiger partial charge in [0.05, 0.1) is 11.1 Å². The molecule has 0 radical (unpaired) electrons. The molecular weight excluding hydrogens is 364 g/mol. The van der Waals surface area contributed by atoms with E-state index in [1.165, 1.54) is 15.0 Å². The second-order valence-corrected chi connectivity index (χ2v) is 5.65. The molecular formula is C13H11FINOS. The highest BCUT2D eigenvalue weighted by molar-refractivity contribution is 14.2. The van der Waals surface area contributed by atoms with Crippen LogP contribution in [0.25, 0.3) is 0 Å². The van der Waals surface area contributed by atoms with Gasteiger partial charge in [0.25, 0.3) is 0 Å². The molecule has 1 aromatic rings. The molecule has 2 rings (SSSR count). The molecule has 0 unspecified atom stereocenters. The van der Waals surface area contributed by atoms with Crippen LogP contribution in [-0.4, -0.2) is 19.4 Å². The van der Waals surface area contributed by atoms with Crippen molar-refractivity contribution in [1.29, 1.82) is 0 Å². The molecule has 0 atom stereocenters. The Labute approximate surface area is 122 Å². The van der Waals surface area contributed by atoms with Crippen molar-refractivity contribution in [3.8, 4) is 11.2 Å². The molecule has 0 saturated carbocycles. The second kappa shape index (κ2) is 6.43. The zero-order valence-electron chi connectivity index (χ0n) is 9.58. The summed E-state index contributed by atoms with van der Waals surface area (Å²) in [5.74, 6) is 2.29. The van der Waals surface area contributed by atoms with E-state index in [0.717, 1.165) is 31.6 Å². The molecule has 0 aromatic heterocycles. The van der Waals surface area contributed by atoms with Crippen LogP contribution in [0.5, 0.6) is 0 Å². The molecule has 0 spiro atoms. The lowest BCUT2D eigenvalue weighted by molar-refractivity contribution is 0.112. The van der Waals surface area contributed by atoms with E-state index in [1.54, 1.807) is 6.07 Å². The van der Waals surface area contributed by atoms with E-state index in [2.05, 4.69) is 16.1 Å². The summed E-state index contributed by atoms with van der Waals surface area (Å²) in [5, 5.41) is 2.73. The van der Waals surface area contributed by atoms with Crippen molar-refractivity contribution in [1.82, 2.24) is 0 Å². The van der Waals surface area contributed by atoms with Gasteiger partial charge >= 0.3 is 0 Å². The smallest absolute Gasteiger partial charge is 0.153 e. The van der Waals surface area contributed by atoms with Crippen LogP contribution >= 0.6 is 30.1 Å². The fourth-order valence-electron chi connectivity index (χ4n) is 2.13. The number of rotatable bonds is 2. The first kappa shape index (κ1) is 13.7. The summed E-state index contributed by atoms with van der Waals surface area (Å²) in [7, 11) is 1.28.